The molecule has 35 heavy (non-hydrogen) atoms. The van der Waals surface area contributed by atoms with Gasteiger partial charge in [-0.1, -0.05) is 6.07 Å². The van der Waals surface area contributed by atoms with Gasteiger partial charge in [0.25, 0.3) is 0 Å². The summed E-state index contributed by atoms with van der Waals surface area (Å²) in [5, 5.41) is 3.60. The zero-order valence-electron chi connectivity index (χ0n) is 19.4. The van der Waals surface area contributed by atoms with E-state index in [0.717, 1.165) is 47.8 Å². The number of anilines is 1. The van der Waals surface area contributed by atoms with Crippen LogP contribution in [0.15, 0.2) is 35.5 Å². The normalized spacial score (nSPS) is 30.3. The van der Waals surface area contributed by atoms with Crippen molar-refractivity contribution in [1.29, 1.82) is 0 Å². The van der Waals surface area contributed by atoms with E-state index >= 15 is 0 Å². The average molecular weight is 507 g/mol. The topological polar surface area (TPSA) is 75.2 Å². The zero-order chi connectivity index (χ0) is 24.4. The van der Waals surface area contributed by atoms with Gasteiger partial charge in [-0.2, -0.15) is 17.5 Å². The van der Waals surface area contributed by atoms with E-state index in [1.165, 1.54) is 55.2 Å². The van der Waals surface area contributed by atoms with Gasteiger partial charge in [0.05, 0.1) is 22.7 Å². The largest absolute Gasteiger partial charge is 0.416 e. The van der Waals surface area contributed by atoms with E-state index in [4.69, 9.17) is 0 Å². The van der Waals surface area contributed by atoms with E-state index in [-0.39, 0.29) is 18.0 Å². The van der Waals surface area contributed by atoms with E-state index in [2.05, 4.69) is 15.3 Å². The monoisotopic (exact) mass is 506 g/mol. The molecule has 5 aliphatic rings. The Bertz CT molecular complexity index is 1210. The maximum Gasteiger partial charge on any atom is 0.416 e. The number of halogens is 3. The Labute approximate surface area is 203 Å². The molecule has 0 radical (unpaired) electrons. The molecule has 0 spiro atoms. The number of sulfonamides is 1. The Morgan fingerprint density at radius 3 is 2.40 bits per heavy atom. The van der Waals surface area contributed by atoms with Gasteiger partial charge in [-0.3, -0.25) is 0 Å². The van der Waals surface area contributed by atoms with Crippen molar-refractivity contribution >= 4 is 15.8 Å². The molecule has 4 fully saturated rings. The van der Waals surface area contributed by atoms with Gasteiger partial charge in [-0.25, -0.2) is 18.4 Å². The Balaban J connectivity index is 1.19. The Kier molecular flexibility index (Phi) is 5.41. The summed E-state index contributed by atoms with van der Waals surface area (Å²) < 4.78 is 66.8. The number of alkyl halides is 3. The molecule has 188 valence electrons. The maximum atomic E-state index is 13.1. The molecule has 4 aliphatic carbocycles. The molecule has 1 N–H and O–H groups in total. The van der Waals surface area contributed by atoms with Crippen molar-refractivity contribution in [1.82, 2.24) is 14.3 Å². The molecule has 1 aliphatic heterocycles. The van der Waals surface area contributed by atoms with Crippen molar-refractivity contribution in [2.45, 2.75) is 62.6 Å². The van der Waals surface area contributed by atoms with Crippen LogP contribution in [0.25, 0.3) is 0 Å². The minimum absolute atomic E-state index is 0.0163. The molecule has 7 rings (SSSR count). The van der Waals surface area contributed by atoms with Gasteiger partial charge < -0.3 is 5.32 Å². The van der Waals surface area contributed by atoms with Crippen LogP contribution in [0.4, 0.5) is 19.0 Å². The third kappa shape index (κ3) is 4.22. The summed E-state index contributed by atoms with van der Waals surface area (Å²) in [6.45, 7) is 1.07. The van der Waals surface area contributed by atoms with Gasteiger partial charge in [0, 0.05) is 18.7 Å². The molecule has 10 heteroatoms. The Morgan fingerprint density at radius 1 is 1.06 bits per heavy atom. The zero-order valence-corrected chi connectivity index (χ0v) is 20.2. The molecule has 0 amide bonds. The predicted octanol–water partition coefficient (Wildman–Crippen LogP) is 4.87. The van der Waals surface area contributed by atoms with Crippen LogP contribution in [0, 0.1) is 23.2 Å². The third-order valence-electron chi connectivity index (χ3n) is 8.57. The number of fused-ring (bicyclic) bond motifs is 1. The first kappa shape index (κ1) is 23.2. The molecule has 1 aromatic carbocycles. The molecule has 4 bridgehead atoms. The second-order valence-corrected chi connectivity index (χ2v) is 13.0. The molecule has 0 unspecified atom stereocenters. The lowest BCUT2D eigenvalue weighted by molar-refractivity contribution is -0.137. The lowest BCUT2D eigenvalue weighted by atomic mass is 9.49. The second kappa shape index (κ2) is 8.16. The maximum absolute atomic E-state index is 13.1. The van der Waals surface area contributed by atoms with Crippen molar-refractivity contribution in [2.24, 2.45) is 23.2 Å². The van der Waals surface area contributed by atoms with E-state index in [0.29, 0.717) is 23.6 Å². The fourth-order valence-corrected chi connectivity index (χ4v) is 8.90. The van der Waals surface area contributed by atoms with Gasteiger partial charge in [-0.05, 0) is 86.3 Å². The van der Waals surface area contributed by atoms with Gasteiger partial charge in [0.2, 0.25) is 10.0 Å². The summed E-state index contributed by atoms with van der Waals surface area (Å²) >= 11 is 0. The van der Waals surface area contributed by atoms with Gasteiger partial charge in [-0.15, -0.1) is 0 Å². The smallest absolute Gasteiger partial charge is 0.369 e. The quantitative estimate of drug-likeness (QED) is 0.626. The van der Waals surface area contributed by atoms with Crippen LogP contribution < -0.4 is 5.32 Å². The van der Waals surface area contributed by atoms with Crippen LogP contribution in [-0.2, 0) is 29.2 Å². The van der Waals surface area contributed by atoms with E-state index in [1.54, 1.807) is 0 Å². The van der Waals surface area contributed by atoms with Crippen LogP contribution in [-0.4, -0.2) is 35.8 Å². The highest BCUT2D eigenvalue weighted by molar-refractivity contribution is 7.89. The van der Waals surface area contributed by atoms with Gasteiger partial charge in [0.15, 0.2) is 0 Å². The summed E-state index contributed by atoms with van der Waals surface area (Å²) in [7, 11) is -4.09. The molecular formula is C25H29F3N4O2S. The summed E-state index contributed by atoms with van der Waals surface area (Å²) in [6.07, 6.45) is 5.26. The number of benzene rings is 1. The van der Waals surface area contributed by atoms with E-state index in [9.17, 15) is 21.6 Å². The molecule has 1 aromatic heterocycles. The molecule has 2 aromatic rings. The highest BCUT2D eigenvalue weighted by Gasteiger charge is 2.50. The molecule has 4 saturated carbocycles. The van der Waals surface area contributed by atoms with Crippen molar-refractivity contribution in [3.8, 4) is 0 Å². The van der Waals surface area contributed by atoms with Gasteiger partial charge >= 0.3 is 6.18 Å². The first-order chi connectivity index (χ1) is 16.6. The van der Waals surface area contributed by atoms with Crippen LogP contribution in [0.5, 0.6) is 0 Å². The average Bonchev–Trinajstić information content (AvgIpc) is 2.81. The number of rotatable bonds is 5. The summed E-state index contributed by atoms with van der Waals surface area (Å²) in [6, 6.07) is 3.91. The summed E-state index contributed by atoms with van der Waals surface area (Å²) in [5.74, 6) is 3.34. The lowest BCUT2D eigenvalue weighted by Gasteiger charge is -2.57. The minimum Gasteiger partial charge on any atom is -0.369 e. The van der Waals surface area contributed by atoms with E-state index in [1.807, 2.05) is 0 Å². The van der Waals surface area contributed by atoms with E-state index < -0.39 is 21.8 Å². The molecular weight excluding hydrogens is 477 g/mol. The lowest BCUT2D eigenvalue weighted by Crippen LogP contribution is -2.49. The number of hydrogen-bond donors (Lipinski definition) is 1. The standard InChI is InChI=1S/C25H29F3N4O2S/c26-25(27,28)19-2-1-3-20(9-19)35(33,34)32-5-4-21-22(13-32)30-15-31-23(21)29-14-24-10-16-6-17(11-24)8-18(7-16)12-24/h1-3,9,15-18H,4-8,10-14H2,(H,29,30,31). The molecule has 0 atom stereocenters. The molecule has 6 nitrogen and oxygen atoms in total. The molecule has 2 heterocycles. The predicted molar refractivity (Wildman–Crippen MR) is 124 cm³/mol. The fraction of sp³-hybridized carbons (Fsp3) is 0.600. The second-order valence-electron chi connectivity index (χ2n) is 11.0. The number of nitrogens with one attached hydrogen (secondary N) is 1. The first-order valence-corrected chi connectivity index (χ1v) is 13.8. The van der Waals surface area contributed by atoms with Crippen LogP contribution >= 0.6 is 0 Å². The number of aromatic nitrogens is 2. The molecule has 0 saturated heterocycles. The van der Waals surface area contributed by atoms with Crippen molar-refractivity contribution < 1.29 is 21.6 Å². The van der Waals surface area contributed by atoms with Crippen molar-refractivity contribution in [3.63, 3.8) is 0 Å². The van der Waals surface area contributed by atoms with Gasteiger partial charge in [0.1, 0.15) is 12.1 Å². The fourth-order valence-electron chi connectivity index (χ4n) is 7.45. The Morgan fingerprint density at radius 2 is 1.74 bits per heavy atom. The highest BCUT2D eigenvalue weighted by Crippen LogP contribution is 2.60. The van der Waals surface area contributed by atoms with Crippen molar-refractivity contribution in [2.75, 3.05) is 18.4 Å². The van der Waals surface area contributed by atoms with Crippen LogP contribution in [0.2, 0.25) is 0 Å². The summed E-state index contributed by atoms with van der Waals surface area (Å²) in [5.41, 5.74) is 0.872. The number of nitrogens with zero attached hydrogens (tertiary/aromatic N) is 3. The van der Waals surface area contributed by atoms with Crippen LogP contribution in [0.3, 0.4) is 0 Å². The Hall–Kier alpha value is -2.20. The highest BCUT2D eigenvalue weighted by atomic mass is 32.2. The summed E-state index contributed by atoms with van der Waals surface area (Å²) in [4.78, 5) is 8.45. The minimum atomic E-state index is -4.61. The SMILES string of the molecule is O=S(=O)(c1cccc(C(F)(F)F)c1)N1CCc2c(ncnc2NCC23CC4CC(CC(C4)C2)C3)C1. The third-order valence-corrected chi connectivity index (χ3v) is 10.4. The number of hydrogen-bond acceptors (Lipinski definition) is 5. The first-order valence-electron chi connectivity index (χ1n) is 12.4. The van der Waals surface area contributed by atoms with Crippen molar-refractivity contribution in [3.05, 3.63) is 47.4 Å². The van der Waals surface area contributed by atoms with Crippen LogP contribution in [0.1, 0.15) is 55.3 Å².